The van der Waals surface area contributed by atoms with Crippen molar-refractivity contribution in [3.63, 3.8) is 0 Å². The van der Waals surface area contributed by atoms with Crippen molar-refractivity contribution in [1.29, 1.82) is 0 Å². The fraction of sp³-hybridized carbons (Fsp3) is 0.350. The summed E-state index contributed by atoms with van der Waals surface area (Å²) in [5.41, 5.74) is 4.91. The van der Waals surface area contributed by atoms with Gasteiger partial charge in [-0.1, -0.05) is 0 Å². The molecule has 0 bridgehead atoms. The van der Waals surface area contributed by atoms with E-state index in [1.54, 1.807) is 28.4 Å². The predicted octanol–water partition coefficient (Wildman–Crippen LogP) is 1.18. The summed E-state index contributed by atoms with van der Waals surface area (Å²) < 4.78 is 3.29. The second-order valence-corrected chi connectivity index (χ2v) is 7.70. The summed E-state index contributed by atoms with van der Waals surface area (Å²) in [7, 11) is 3.86. The molecule has 0 amide bonds. The van der Waals surface area contributed by atoms with Crippen LogP contribution in [0.2, 0.25) is 0 Å². The van der Waals surface area contributed by atoms with Gasteiger partial charge in [0.05, 0.1) is 29.3 Å². The highest BCUT2D eigenvalue weighted by molar-refractivity contribution is 5.88. The zero-order chi connectivity index (χ0) is 20.8. The highest BCUT2D eigenvalue weighted by Gasteiger charge is 2.20. The molecule has 0 aromatic carbocycles. The molecular formula is C20H23N9O. The van der Waals surface area contributed by atoms with Crippen molar-refractivity contribution in [2.24, 2.45) is 7.05 Å². The Morgan fingerprint density at radius 1 is 1.07 bits per heavy atom. The van der Waals surface area contributed by atoms with Gasteiger partial charge in [0.2, 0.25) is 5.95 Å². The van der Waals surface area contributed by atoms with Crippen LogP contribution in [-0.2, 0) is 7.05 Å². The van der Waals surface area contributed by atoms with E-state index in [0.29, 0.717) is 11.5 Å². The minimum absolute atomic E-state index is 0.0618. The summed E-state index contributed by atoms with van der Waals surface area (Å²) in [6.45, 7) is 5.60. The normalized spacial score (nSPS) is 15.2. The Kier molecular flexibility index (Phi) is 4.35. The van der Waals surface area contributed by atoms with E-state index in [1.807, 2.05) is 19.2 Å². The summed E-state index contributed by atoms with van der Waals surface area (Å²) in [5.74, 6) is 0.471. The number of aromatic nitrogens is 6. The number of piperazine rings is 1. The fourth-order valence-corrected chi connectivity index (χ4v) is 3.77. The molecule has 1 N–H and O–H groups in total. The Morgan fingerprint density at radius 3 is 2.67 bits per heavy atom. The maximum Gasteiger partial charge on any atom is 0.252 e. The molecule has 1 saturated heterocycles. The third-order valence-corrected chi connectivity index (χ3v) is 5.68. The molecule has 154 valence electrons. The molecule has 1 aliphatic heterocycles. The molecule has 30 heavy (non-hydrogen) atoms. The van der Waals surface area contributed by atoms with E-state index in [9.17, 15) is 4.79 Å². The molecule has 0 saturated carbocycles. The molecule has 1 aliphatic rings. The van der Waals surface area contributed by atoms with Crippen LogP contribution in [0.5, 0.6) is 0 Å². The monoisotopic (exact) mass is 405 g/mol. The molecule has 0 spiro atoms. The fourth-order valence-electron chi connectivity index (χ4n) is 3.77. The summed E-state index contributed by atoms with van der Waals surface area (Å²) in [5, 5.41) is 7.48. The molecule has 10 heteroatoms. The van der Waals surface area contributed by atoms with E-state index < -0.39 is 0 Å². The van der Waals surface area contributed by atoms with E-state index in [-0.39, 0.29) is 5.56 Å². The number of hydrogen-bond donors (Lipinski definition) is 1. The minimum atomic E-state index is -0.0618. The van der Waals surface area contributed by atoms with Crippen molar-refractivity contribution in [3.8, 4) is 0 Å². The molecule has 4 aromatic heterocycles. The second-order valence-electron chi connectivity index (χ2n) is 7.70. The van der Waals surface area contributed by atoms with Crippen LogP contribution in [0, 0.1) is 6.92 Å². The Hall–Kier alpha value is -3.53. The lowest BCUT2D eigenvalue weighted by Crippen LogP contribution is -2.45. The number of rotatable bonds is 3. The van der Waals surface area contributed by atoms with Gasteiger partial charge in [0.1, 0.15) is 11.8 Å². The van der Waals surface area contributed by atoms with E-state index in [2.05, 4.69) is 37.2 Å². The predicted molar refractivity (Wildman–Crippen MR) is 115 cm³/mol. The van der Waals surface area contributed by atoms with Crippen LogP contribution in [0.4, 0.5) is 17.3 Å². The number of nitrogens with zero attached hydrogens (tertiary/aromatic N) is 8. The molecule has 0 unspecified atom stereocenters. The van der Waals surface area contributed by atoms with Crippen LogP contribution in [0.25, 0.3) is 16.7 Å². The Bertz CT molecular complexity index is 1300. The first-order chi connectivity index (χ1) is 14.5. The lowest BCUT2D eigenvalue weighted by atomic mass is 10.2. The third-order valence-electron chi connectivity index (χ3n) is 5.68. The minimum Gasteiger partial charge on any atom is -0.367 e. The molecule has 0 aliphatic carbocycles. The first kappa shape index (κ1) is 18.5. The highest BCUT2D eigenvalue weighted by atomic mass is 16.1. The number of hydrogen-bond acceptors (Lipinski definition) is 8. The number of nitrogens with one attached hydrogen (secondary N) is 1. The molecule has 1 fully saturated rings. The van der Waals surface area contributed by atoms with Gasteiger partial charge in [-0.3, -0.25) is 4.79 Å². The quantitative estimate of drug-likeness (QED) is 0.543. The van der Waals surface area contributed by atoms with E-state index in [0.717, 1.165) is 54.3 Å². The van der Waals surface area contributed by atoms with Gasteiger partial charge in [-0.25, -0.2) is 19.5 Å². The SMILES string of the molecule is Cc1cc2ncnn2cc1Nc1ncc2c(n1)c(N1CCN(C)CC1)cc(=O)n2C. The second kappa shape index (κ2) is 7.06. The first-order valence-electron chi connectivity index (χ1n) is 9.87. The van der Waals surface area contributed by atoms with Gasteiger partial charge >= 0.3 is 0 Å². The van der Waals surface area contributed by atoms with Crippen molar-refractivity contribution in [2.75, 3.05) is 43.4 Å². The van der Waals surface area contributed by atoms with Gasteiger partial charge < -0.3 is 19.7 Å². The van der Waals surface area contributed by atoms with Crippen molar-refractivity contribution in [2.45, 2.75) is 6.92 Å². The van der Waals surface area contributed by atoms with Crippen LogP contribution < -0.4 is 15.8 Å². The number of anilines is 3. The van der Waals surface area contributed by atoms with Crippen LogP contribution in [0.3, 0.4) is 0 Å². The standard InChI is InChI=1S/C20H23N9O/c1-13-8-17-22-12-23-29(17)11-14(13)24-20-21-10-16-19(25-20)15(9-18(30)27(16)3)28-6-4-26(2)5-7-28/h8-12H,4-7H2,1-3H3,(H,21,24,25). The van der Waals surface area contributed by atoms with Crippen molar-refractivity contribution in [1.82, 2.24) is 34.0 Å². The van der Waals surface area contributed by atoms with Crippen LogP contribution in [0.15, 0.2) is 35.6 Å². The summed E-state index contributed by atoms with van der Waals surface area (Å²) in [6, 6.07) is 3.63. The molecule has 5 heterocycles. The maximum absolute atomic E-state index is 12.5. The molecule has 0 radical (unpaired) electrons. The molecule has 4 aromatic rings. The van der Waals surface area contributed by atoms with E-state index in [4.69, 9.17) is 4.98 Å². The van der Waals surface area contributed by atoms with Gasteiger partial charge in [0.15, 0.2) is 5.65 Å². The first-order valence-corrected chi connectivity index (χ1v) is 9.87. The third kappa shape index (κ3) is 3.14. The van der Waals surface area contributed by atoms with Crippen LogP contribution in [-0.4, -0.2) is 67.3 Å². The average Bonchev–Trinajstić information content (AvgIpc) is 3.19. The van der Waals surface area contributed by atoms with Crippen LogP contribution >= 0.6 is 0 Å². The summed E-state index contributed by atoms with van der Waals surface area (Å²) >= 11 is 0. The van der Waals surface area contributed by atoms with Gasteiger partial charge in [0.25, 0.3) is 5.56 Å². The molecule has 10 nitrogen and oxygen atoms in total. The molecular weight excluding hydrogens is 382 g/mol. The van der Waals surface area contributed by atoms with Gasteiger partial charge in [0, 0.05) is 39.3 Å². The Morgan fingerprint density at radius 2 is 1.87 bits per heavy atom. The smallest absolute Gasteiger partial charge is 0.252 e. The zero-order valence-corrected chi connectivity index (χ0v) is 17.2. The number of fused-ring (bicyclic) bond motifs is 2. The lowest BCUT2D eigenvalue weighted by molar-refractivity contribution is 0.313. The van der Waals surface area contributed by atoms with Crippen LogP contribution in [0.1, 0.15) is 5.56 Å². The molecule has 5 rings (SSSR count). The highest BCUT2D eigenvalue weighted by Crippen LogP contribution is 2.26. The van der Waals surface area contributed by atoms with Gasteiger partial charge in [-0.15, -0.1) is 0 Å². The zero-order valence-electron chi connectivity index (χ0n) is 17.2. The maximum atomic E-state index is 12.5. The lowest BCUT2D eigenvalue weighted by Gasteiger charge is -2.34. The van der Waals surface area contributed by atoms with Crippen molar-refractivity contribution in [3.05, 3.63) is 46.8 Å². The van der Waals surface area contributed by atoms with Gasteiger partial charge in [-0.2, -0.15) is 5.10 Å². The average molecular weight is 405 g/mol. The summed E-state index contributed by atoms with van der Waals surface area (Å²) in [6.07, 6.45) is 5.09. The van der Waals surface area contributed by atoms with Crippen molar-refractivity contribution < 1.29 is 0 Å². The van der Waals surface area contributed by atoms with Gasteiger partial charge in [-0.05, 0) is 25.6 Å². The Balaban J connectivity index is 1.58. The van der Waals surface area contributed by atoms with Crippen molar-refractivity contribution >= 4 is 34.0 Å². The van der Waals surface area contributed by atoms with E-state index in [1.165, 1.54) is 6.33 Å². The van der Waals surface area contributed by atoms with E-state index >= 15 is 0 Å². The number of pyridine rings is 2. The topological polar surface area (TPSA) is 96.5 Å². The number of aryl methyl sites for hydroxylation is 2. The Labute approximate surface area is 172 Å². The largest absolute Gasteiger partial charge is 0.367 e. The summed E-state index contributed by atoms with van der Waals surface area (Å²) in [4.78, 5) is 30.5. The molecule has 0 atom stereocenters. The number of likely N-dealkylation sites (N-methyl/N-ethyl adjacent to an activating group) is 1.